The molecule has 1 aliphatic heterocycles. The van der Waals surface area contributed by atoms with Crippen LogP contribution >= 0.6 is 0 Å². The van der Waals surface area contributed by atoms with Crippen LogP contribution in [0.3, 0.4) is 0 Å². The average Bonchev–Trinajstić information content (AvgIpc) is 3.56. The quantitative estimate of drug-likeness (QED) is 0.508. The number of furan rings is 1. The SMILES string of the molecule is Cc1ccc(-c2nnn(CC(=O)N(C[C@@H]3CCCO3)[C@@H](C(=O)NC(C)(C)C)c3ccc(F)cc3)n2)o1. The summed E-state index contributed by atoms with van der Waals surface area (Å²) in [6, 6.07) is 8.09. The summed E-state index contributed by atoms with van der Waals surface area (Å²) in [5.41, 5.74) is -0.0555. The lowest BCUT2D eigenvalue weighted by molar-refractivity contribution is -0.144. The molecule has 10 nitrogen and oxygen atoms in total. The Kier molecular flexibility index (Phi) is 7.48. The number of rotatable bonds is 8. The van der Waals surface area contributed by atoms with Crippen LogP contribution in [0.4, 0.5) is 4.39 Å². The standard InChI is InChI=1S/C25H31FN6O4/c1-16-7-12-20(36-16)23-28-30-32(29-23)15-21(33)31(14-19-6-5-13-35-19)22(24(34)27-25(2,3)4)17-8-10-18(26)11-9-17/h7-12,19,22H,5-6,13-15H2,1-4H3,(H,27,34)/t19-,22+/m0/s1. The highest BCUT2D eigenvalue weighted by atomic mass is 19.1. The molecule has 3 heterocycles. The van der Waals surface area contributed by atoms with Crippen molar-refractivity contribution in [1.82, 2.24) is 30.4 Å². The summed E-state index contributed by atoms with van der Waals surface area (Å²) >= 11 is 0. The van der Waals surface area contributed by atoms with Gasteiger partial charge in [-0.05, 0) is 75.6 Å². The first kappa shape index (κ1) is 25.5. The van der Waals surface area contributed by atoms with Gasteiger partial charge in [-0.3, -0.25) is 9.59 Å². The van der Waals surface area contributed by atoms with Crippen LogP contribution in [0, 0.1) is 12.7 Å². The minimum Gasteiger partial charge on any atom is -0.458 e. The highest BCUT2D eigenvalue weighted by Gasteiger charge is 2.36. The van der Waals surface area contributed by atoms with E-state index in [1.165, 1.54) is 34.0 Å². The van der Waals surface area contributed by atoms with Gasteiger partial charge in [0.05, 0.1) is 6.10 Å². The lowest BCUT2D eigenvalue weighted by Crippen LogP contribution is -2.51. The molecule has 0 radical (unpaired) electrons. The van der Waals surface area contributed by atoms with E-state index in [4.69, 9.17) is 9.15 Å². The number of amides is 2. The third-order valence-corrected chi connectivity index (χ3v) is 5.68. The number of nitrogens with one attached hydrogen (secondary N) is 1. The van der Waals surface area contributed by atoms with E-state index in [2.05, 4.69) is 20.7 Å². The van der Waals surface area contributed by atoms with Gasteiger partial charge >= 0.3 is 0 Å². The topological polar surface area (TPSA) is 115 Å². The van der Waals surface area contributed by atoms with Crippen molar-refractivity contribution in [2.75, 3.05) is 13.2 Å². The van der Waals surface area contributed by atoms with Crippen molar-refractivity contribution < 1.29 is 23.1 Å². The number of halogens is 1. The minimum absolute atomic E-state index is 0.192. The van der Waals surface area contributed by atoms with Gasteiger partial charge in [0.25, 0.3) is 0 Å². The van der Waals surface area contributed by atoms with Crippen LogP contribution in [0.25, 0.3) is 11.6 Å². The summed E-state index contributed by atoms with van der Waals surface area (Å²) in [4.78, 5) is 29.8. The third-order valence-electron chi connectivity index (χ3n) is 5.68. The van der Waals surface area contributed by atoms with E-state index < -0.39 is 23.3 Å². The largest absolute Gasteiger partial charge is 0.458 e. The second kappa shape index (κ2) is 10.6. The Hall–Kier alpha value is -3.60. The molecule has 0 aliphatic carbocycles. The van der Waals surface area contributed by atoms with E-state index in [-0.39, 0.29) is 30.9 Å². The molecule has 2 aromatic heterocycles. The normalized spacial score (nSPS) is 16.6. The van der Waals surface area contributed by atoms with E-state index >= 15 is 0 Å². The van der Waals surface area contributed by atoms with Crippen molar-refractivity contribution in [2.24, 2.45) is 0 Å². The molecule has 4 rings (SSSR count). The summed E-state index contributed by atoms with van der Waals surface area (Å²) < 4.78 is 25.0. The molecule has 36 heavy (non-hydrogen) atoms. The Bertz CT molecular complexity index is 1190. The van der Waals surface area contributed by atoms with Gasteiger partial charge in [0.1, 0.15) is 24.2 Å². The van der Waals surface area contributed by atoms with Crippen molar-refractivity contribution >= 4 is 11.8 Å². The maximum atomic E-state index is 13.7. The molecule has 2 atom stereocenters. The van der Waals surface area contributed by atoms with E-state index in [0.29, 0.717) is 23.7 Å². The number of tetrazole rings is 1. The van der Waals surface area contributed by atoms with Crippen LogP contribution in [-0.4, -0.2) is 61.7 Å². The zero-order valence-electron chi connectivity index (χ0n) is 20.9. The highest BCUT2D eigenvalue weighted by Crippen LogP contribution is 2.26. The van der Waals surface area contributed by atoms with Crippen LogP contribution in [0.5, 0.6) is 0 Å². The van der Waals surface area contributed by atoms with Crippen molar-refractivity contribution in [1.29, 1.82) is 0 Å². The smallest absolute Gasteiger partial charge is 0.247 e. The molecule has 2 amide bonds. The first-order valence-electron chi connectivity index (χ1n) is 11.9. The number of nitrogens with zero attached hydrogens (tertiary/aromatic N) is 5. The molecule has 1 N–H and O–H groups in total. The first-order valence-corrected chi connectivity index (χ1v) is 11.9. The molecule has 192 valence electrons. The van der Waals surface area contributed by atoms with Gasteiger partial charge in [0.15, 0.2) is 5.76 Å². The Morgan fingerprint density at radius 3 is 2.58 bits per heavy atom. The Morgan fingerprint density at radius 2 is 1.97 bits per heavy atom. The number of hydrogen-bond acceptors (Lipinski definition) is 7. The predicted octanol–water partition coefficient (Wildman–Crippen LogP) is 3.04. The highest BCUT2D eigenvalue weighted by molar-refractivity contribution is 5.89. The molecule has 1 saturated heterocycles. The molecule has 1 aromatic carbocycles. The molecule has 11 heteroatoms. The molecule has 0 saturated carbocycles. The van der Waals surface area contributed by atoms with Gasteiger partial charge in [0, 0.05) is 18.7 Å². The van der Waals surface area contributed by atoms with Gasteiger partial charge in [0.2, 0.25) is 17.6 Å². The van der Waals surface area contributed by atoms with E-state index in [1.54, 1.807) is 19.1 Å². The molecular weight excluding hydrogens is 467 g/mol. The average molecular weight is 499 g/mol. The molecule has 0 bridgehead atoms. The molecule has 0 spiro atoms. The van der Waals surface area contributed by atoms with Gasteiger partial charge in [-0.1, -0.05) is 12.1 Å². The number of hydrogen-bond donors (Lipinski definition) is 1. The summed E-state index contributed by atoms with van der Waals surface area (Å²) in [7, 11) is 0. The third kappa shape index (κ3) is 6.34. The Labute approximate surface area is 208 Å². The first-order chi connectivity index (χ1) is 17.1. The van der Waals surface area contributed by atoms with Crippen molar-refractivity contribution in [3.8, 4) is 11.6 Å². The van der Waals surface area contributed by atoms with Crippen molar-refractivity contribution in [2.45, 2.75) is 64.8 Å². The van der Waals surface area contributed by atoms with Crippen LogP contribution in [-0.2, 0) is 20.9 Å². The monoisotopic (exact) mass is 498 g/mol. The van der Waals surface area contributed by atoms with Crippen LogP contribution < -0.4 is 5.32 Å². The minimum atomic E-state index is -1.00. The molecule has 0 unspecified atom stereocenters. The maximum Gasteiger partial charge on any atom is 0.247 e. The number of aromatic nitrogens is 4. The lowest BCUT2D eigenvalue weighted by atomic mass is 10.0. The summed E-state index contributed by atoms with van der Waals surface area (Å²) in [5, 5.41) is 15.2. The van der Waals surface area contributed by atoms with Gasteiger partial charge in [-0.25, -0.2) is 4.39 Å². The van der Waals surface area contributed by atoms with Crippen molar-refractivity contribution in [3.05, 3.63) is 53.5 Å². The van der Waals surface area contributed by atoms with E-state index in [1.807, 2.05) is 20.8 Å². The lowest BCUT2D eigenvalue weighted by Gasteiger charge is -2.34. The predicted molar refractivity (Wildman–Crippen MR) is 128 cm³/mol. The van der Waals surface area contributed by atoms with E-state index in [9.17, 15) is 14.0 Å². The summed E-state index contributed by atoms with van der Waals surface area (Å²) in [6.07, 6.45) is 1.42. The molecule has 1 fully saturated rings. The second-order valence-corrected chi connectivity index (χ2v) is 9.93. The fourth-order valence-corrected chi connectivity index (χ4v) is 4.09. The molecular formula is C25H31FN6O4. The van der Waals surface area contributed by atoms with Crippen molar-refractivity contribution in [3.63, 3.8) is 0 Å². The molecule has 3 aromatic rings. The number of carbonyl (C=O) groups is 2. The van der Waals surface area contributed by atoms with Gasteiger partial charge < -0.3 is 19.4 Å². The van der Waals surface area contributed by atoms with E-state index in [0.717, 1.165) is 12.8 Å². The molecule has 1 aliphatic rings. The number of ether oxygens (including phenoxy) is 1. The Morgan fingerprint density at radius 1 is 1.22 bits per heavy atom. The zero-order chi connectivity index (χ0) is 25.9. The fraction of sp³-hybridized carbons (Fsp3) is 0.480. The van der Waals surface area contributed by atoms with Gasteiger partial charge in [-0.2, -0.15) is 4.80 Å². The number of carbonyl (C=O) groups excluding carboxylic acids is 2. The fourth-order valence-electron chi connectivity index (χ4n) is 4.09. The Balaban J connectivity index is 1.64. The van der Waals surface area contributed by atoms with Crippen LogP contribution in [0.2, 0.25) is 0 Å². The summed E-state index contributed by atoms with van der Waals surface area (Å²) in [6.45, 7) is 7.91. The van der Waals surface area contributed by atoms with Gasteiger partial charge in [-0.15, -0.1) is 10.2 Å². The van der Waals surface area contributed by atoms with Crippen LogP contribution in [0.15, 0.2) is 40.8 Å². The summed E-state index contributed by atoms with van der Waals surface area (Å²) in [5.74, 6) is 0.186. The maximum absolute atomic E-state index is 13.7. The number of benzene rings is 1. The second-order valence-electron chi connectivity index (χ2n) is 9.93. The zero-order valence-corrected chi connectivity index (χ0v) is 20.9. The number of aryl methyl sites for hydroxylation is 1. The van der Waals surface area contributed by atoms with Crippen LogP contribution in [0.1, 0.15) is 51.0 Å².